The minimum Gasteiger partial charge on any atom is -0.369 e. The number of nitrogens with zero attached hydrogens (tertiary/aromatic N) is 4. The molecule has 1 heterocycles. The number of primary amides is 1. The molecule has 8 nitrogen and oxygen atoms in total. The normalized spacial score (nSPS) is 19.0. The lowest BCUT2D eigenvalue weighted by atomic mass is 9.92. The highest BCUT2D eigenvalue weighted by molar-refractivity contribution is 5.75. The molecule has 38 heavy (non-hydrogen) atoms. The molecule has 0 radical (unpaired) electrons. The standard InChI is InChI=1S/C23H32F5N7O.C2H6/c1-3-35(11-16-4-5-17(8-18(16)24)23(26,27)28)22(33-14-31-2)19(25)10-32-9-15-6-7-34(12-20(15)29)13-21(30)36;1-2/h4-5,8,14-15,20,32H,2-3,6-7,9-13,29H2,1H3,(H2,30,36);1-2H3/b22-19-,33-14-;. The second-order valence-corrected chi connectivity index (χ2v) is 8.52. The number of carbonyl (C=O) groups excluding carboxylic acids is 1. The largest absolute Gasteiger partial charge is 0.416 e. The van der Waals surface area contributed by atoms with Crippen molar-refractivity contribution in [3.05, 3.63) is 46.8 Å². The van der Waals surface area contributed by atoms with Crippen LogP contribution in [0.5, 0.6) is 0 Å². The molecule has 1 saturated heterocycles. The zero-order valence-corrected chi connectivity index (χ0v) is 22.1. The maximum atomic E-state index is 15.2. The van der Waals surface area contributed by atoms with E-state index < -0.39 is 29.3 Å². The predicted molar refractivity (Wildman–Crippen MR) is 140 cm³/mol. The number of amides is 1. The molecule has 2 atom stereocenters. The Morgan fingerprint density at radius 1 is 1.34 bits per heavy atom. The van der Waals surface area contributed by atoms with Crippen molar-refractivity contribution in [3.63, 3.8) is 0 Å². The average Bonchev–Trinajstić information content (AvgIpc) is 2.86. The van der Waals surface area contributed by atoms with E-state index in [4.69, 9.17) is 11.5 Å². The number of hydrogen-bond acceptors (Lipinski definition) is 6. The summed E-state index contributed by atoms with van der Waals surface area (Å²) in [6.07, 6.45) is -2.94. The molecule has 0 bridgehead atoms. The number of piperidine rings is 1. The monoisotopic (exact) mass is 547 g/mol. The third-order valence-corrected chi connectivity index (χ3v) is 5.88. The first kappa shape index (κ1) is 33.1. The van der Waals surface area contributed by atoms with E-state index in [9.17, 15) is 22.4 Å². The van der Waals surface area contributed by atoms with Gasteiger partial charge in [-0.3, -0.25) is 14.7 Å². The first-order valence-corrected chi connectivity index (χ1v) is 12.4. The number of nitrogens with two attached hydrogens (primary N) is 2. The maximum Gasteiger partial charge on any atom is 0.416 e. The van der Waals surface area contributed by atoms with Gasteiger partial charge in [0.15, 0.2) is 11.6 Å². The fourth-order valence-electron chi connectivity index (χ4n) is 3.98. The van der Waals surface area contributed by atoms with Gasteiger partial charge in [0.1, 0.15) is 12.2 Å². The van der Waals surface area contributed by atoms with E-state index >= 15 is 4.39 Å². The number of carbonyl (C=O) groups is 1. The number of benzene rings is 1. The van der Waals surface area contributed by atoms with E-state index in [2.05, 4.69) is 22.0 Å². The Hall–Kier alpha value is -2.90. The maximum absolute atomic E-state index is 15.2. The highest BCUT2D eigenvalue weighted by Gasteiger charge is 2.31. The molecule has 2 unspecified atom stereocenters. The summed E-state index contributed by atoms with van der Waals surface area (Å²) in [4.78, 5) is 21.8. The number of halogens is 5. The topological polar surface area (TPSA) is 112 Å². The van der Waals surface area contributed by atoms with Crippen molar-refractivity contribution in [2.75, 3.05) is 39.3 Å². The van der Waals surface area contributed by atoms with Gasteiger partial charge in [-0.05, 0) is 51.2 Å². The Balaban J connectivity index is 0.00000352. The molecule has 5 N–H and O–H groups in total. The molecule has 1 aromatic carbocycles. The van der Waals surface area contributed by atoms with Gasteiger partial charge in [-0.15, -0.1) is 0 Å². The van der Waals surface area contributed by atoms with E-state index in [-0.39, 0.29) is 49.5 Å². The number of hydrogen-bond donors (Lipinski definition) is 3. The van der Waals surface area contributed by atoms with Crippen molar-refractivity contribution in [1.82, 2.24) is 15.1 Å². The van der Waals surface area contributed by atoms with Gasteiger partial charge >= 0.3 is 6.18 Å². The van der Waals surface area contributed by atoms with Crippen LogP contribution in [0.15, 0.2) is 39.8 Å². The molecule has 1 aromatic rings. The van der Waals surface area contributed by atoms with Crippen LogP contribution in [-0.2, 0) is 17.5 Å². The summed E-state index contributed by atoms with van der Waals surface area (Å²) in [6, 6.07) is 1.99. The first-order valence-electron chi connectivity index (χ1n) is 12.4. The Bertz CT molecular complexity index is 968. The van der Waals surface area contributed by atoms with E-state index in [1.807, 2.05) is 18.7 Å². The molecule has 0 saturated carbocycles. The highest BCUT2D eigenvalue weighted by atomic mass is 19.4. The molecule has 1 aliphatic heterocycles. The second-order valence-electron chi connectivity index (χ2n) is 8.52. The summed E-state index contributed by atoms with van der Waals surface area (Å²) in [5, 5.41) is 3.01. The molecular formula is C25H38F5N7O. The lowest BCUT2D eigenvalue weighted by Gasteiger charge is -2.36. The molecule has 1 aliphatic rings. The molecule has 0 aliphatic carbocycles. The lowest BCUT2D eigenvalue weighted by molar-refractivity contribution is -0.137. The van der Waals surface area contributed by atoms with Crippen molar-refractivity contribution in [2.24, 2.45) is 27.4 Å². The number of alkyl halides is 3. The molecule has 214 valence electrons. The summed E-state index contributed by atoms with van der Waals surface area (Å²) < 4.78 is 68.1. The van der Waals surface area contributed by atoms with Crippen molar-refractivity contribution in [3.8, 4) is 0 Å². The third kappa shape index (κ3) is 10.5. The Morgan fingerprint density at radius 3 is 2.55 bits per heavy atom. The van der Waals surface area contributed by atoms with E-state index in [1.54, 1.807) is 6.92 Å². The molecular weight excluding hydrogens is 509 g/mol. The van der Waals surface area contributed by atoms with Crippen molar-refractivity contribution >= 4 is 19.0 Å². The molecule has 0 aromatic heterocycles. The zero-order valence-electron chi connectivity index (χ0n) is 22.1. The third-order valence-electron chi connectivity index (χ3n) is 5.88. The Labute approximate surface area is 220 Å². The smallest absolute Gasteiger partial charge is 0.369 e. The molecule has 13 heteroatoms. The number of likely N-dealkylation sites (tertiary alicyclic amines) is 1. The van der Waals surface area contributed by atoms with Gasteiger partial charge in [-0.2, -0.15) is 13.2 Å². The van der Waals surface area contributed by atoms with E-state index in [1.165, 1.54) is 4.90 Å². The number of aliphatic imine (C=N–C) groups is 2. The van der Waals surface area contributed by atoms with Crippen molar-refractivity contribution in [1.29, 1.82) is 0 Å². The summed E-state index contributed by atoms with van der Waals surface area (Å²) in [7, 11) is 0. The fraction of sp³-hybridized carbons (Fsp3) is 0.560. The van der Waals surface area contributed by atoms with Crippen LogP contribution in [0.1, 0.15) is 38.3 Å². The molecule has 2 rings (SSSR count). The summed E-state index contributed by atoms with van der Waals surface area (Å²) in [6.45, 7) is 10.4. The molecule has 0 spiro atoms. The molecule has 1 fully saturated rings. The van der Waals surface area contributed by atoms with Crippen LogP contribution in [0.3, 0.4) is 0 Å². The van der Waals surface area contributed by atoms with E-state index in [0.717, 1.165) is 18.5 Å². The van der Waals surface area contributed by atoms with Gasteiger partial charge in [0.2, 0.25) is 5.91 Å². The highest BCUT2D eigenvalue weighted by Crippen LogP contribution is 2.30. The van der Waals surface area contributed by atoms with Crippen LogP contribution in [0.4, 0.5) is 22.0 Å². The van der Waals surface area contributed by atoms with E-state index in [0.29, 0.717) is 32.1 Å². The average molecular weight is 548 g/mol. The van der Waals surface area contributed by atoms with Crippen molar-refractivity contribution in [2.45, 2.75) is 46.0 Å². The van der Waals surface area contributed by atoms with Crippen LogP contribution in [0.25, 0.3) is 0 Å². The first-order chi connectivity index (χ1) is 18.0. The zero-order chi connectivity index (χ0) is 28.9. The summed E-state index contributed by atoms with van der Waals surface area (Å²) in [5.74, 6) is -2.23. The fourth-order valence-corrected chi connectivity index (χ4v) is 3.98. The van der Waals surface area contributed by atoms with Crippen LogP contribution < -0.4 is 16.8 Å². The summed E-state index contributed by atoms with van der Waals surface area (Å²) >= 11 is 0. The van der Waals surface area contributed by atoms with Gasteiger partial charge in [-0.1, -0.05) is 19.9 Å². The SMILES string of the molecule is C=N/C=N\C(=C(\F)CNCC1CCN(CC(N)=O)CC1N)N(CC)Cc1ccc(C(F)(F)F)cc1F.CC. The lowest BCUT2D eigenvalue weighted by Crippen LogP contribution is -2.52. The number of rotatable bonds is 12. The Kier molecular flexibility index (Phi) is 14.1. The van der Waals surface area contributed by atoms with Crippen LogP contribution in [-0.4, -0.2) is 74.1 Å². The molecule has 1 amide bonds. The van der Waals surface area contributed by atoms with Crippen LogP contribution in [0, 0.1) is 11.7 Å². The quantitative estimate of drug-likeness (QED) is 0.211. The summed E-state index contributed by atoms with van der Waals surface area (Å²) in [5.41, 5.74) is 10.3. The Morgan fingerprint density at radius 2 is 2.03 bits per heavy atom. The van der Waals surface area contributed by atoms with Crippen LogP contribution >= 0.6 is 0 Å². The van der Waals surface area contributed by atoms with Gasteiger partial charge in [0, 0.05) is 31.2 Å². The van der Waals surface area contributed by atoms with Crippen LogP contribution in [0.2, 0.25) is 0 Å². The van der Waals surface area contributed by atoms with Gasteiger partial charge in [-0.25, -0.2) is 13.8 Å². The second kappa shape index (κ2) is 16.1. The van der Waals surface area contributed by atoms with Gasteiger partial charge in [0.25, 0.3) is 0 Å². The van der Waals surface area contributed by atoms with Gasteiger partial charge < -0.3 is 21.7 Å². The minimum absolute atomic E-state index is 0.0430. The van der Waals surface area contributed by atoms with Crippen molar-refractivity contribution < 1.29 is 26.7 Å². The minimum atomic E-state index is -4.67. The predicted octanol–water partition coefficient (Wildman–Crippen LogP) is 3.28. The number of nitrogens with one attached hydrogen (secondary N) is 1. The van der Waals surface area contributed by atoms with Gasteiger partial charge in [0.05, 0.1) is 18.7 Å².